The first kappa shape index (κ1) is 11.0. The first-order valence-corrected chi connectivity index (χ1v) is 4.90. The smallest absolute Gasteiger partial charge is 0.162 e. The van der Waals surface area contributed by atoms with Gasteiger partial charge in [0.25, 0.3) is 0 Å². The van der Waals surface area contributed by atoms with Gasteiger partial charge < -0.3 is 0 Å². The van der Waals surface area contributed by atoms with Crippen LogP contribution in [0, 0.1) is 18.6 Å². The second-order valence-corrected chi connectivity index (χ2v) is 3.66. The first-order valence-electron chi connectivity index (χ1n) is 4.52. The molecular weight excluding hydrogens is 234 g/mol. The molecule has 2 nitrogen and oxygen atoms in total. The lowest BCUT2D eigenvalue weighted by atomic mass is 10.2. The highest BCUT2D eigenvalue weighted by Crippen LogP contribution is 2.21. The van der Waals surface area contributed by atoms with Gasteiger partial charge in [0.1, 0.15) is 11.6 Å². The molecule has 82 valence electrons. The van der Waals surface area contributed by atoms with Crippen molar-refractivity contribution in [1.29, 1.82) is 0 Å². The fourth-order valence-corrected chi connectivity index (χ4v) is 1.34. The fourth-order valence-electron chi connectivity index (χ4n) is 1.25. The third kappa shape index (κ3) is 2.02. The third-order valence-electron chi connectivity index (χ3n) is 2.09. The average Bonchev–Trinajstić information content (AvgIpc) is 2.22. The van der Waals surface area contributed by atoms with Crippen molar-refractivity contribution in [3.05, 3.63) is 46.7 Å². The van der Waals surface area contributed by atoms with Gasteiger partial charge in [0, 0.05) is 12.3 Å². The monoisotopic (exact) mass is 240 g/mol. The normalized spacial score (nSPS) is 10.5. The van der Waals surface area contributed by atoms with Crippen LogP contribution in [0.25, 0.3) is 11.4 Å². The number of halogens is 3. The van der Waals surface area contributed by atoms with Crippen molar-refractivity contribution < 1.29 is 8.78 Å². The van der Waals surface area contributed by atoms with Crippen molar-refractivity contribution >= 4 is 11.6 Å². The minimum atomic E-state index is -0.693. The Bertz CT molecular complexity index is 544. The van der Waals surface area contributed by atoms with E-state index in [2.05, 4.69) is 9.97 Å². The van der Waals surface area contributed by atoms with Gasteiger partial charge in [0.15, 0.2) is 5.82 Å². The van der Waals surface area contributed by atoms with Gasteiger partial charge in [-0.25, -0.2) is 18.7 Å². The molecule has 0 N–H and O–H groups in total. The summed E-state index contributed by atoms with van der Waals surface area (Å²) in [6, 6.07) is 3.25. The predicted octanol–water partition coefficient (Wildman–Crippen LogP) is 3.38. The van der Waals surface area contributed by atoms with E-state index in [4.69, 9.17) is 11.6 Å². The molecule has 0 unspecified atom stereocenters. The lowest BCUT2D eigenvalue weighted by Gasteiger charge is -2.03. The molecule has 1 aromatic heterocycles. The number of rotatable bonds is 1. The summed E-state index contributed by atoms with van der Waals surface area (Å²) >= 11 is 5.75. The molecule has 0 amide bonds. The van der Waals surface area contributed by atoms with Crippen molar-refractivity contribution in [3.8, 4) is 11.4 Å². The predicted molar refractivity (Wildman–Crippen MR) is 57.1 cm³/mol. The maximum atomic E-state index is 13.4. The molecule has 0 aliphatic heterocycles. The van der Waals surface area contributed by atoms with E-state index < -0.39 is 11.6 Å². The molecule has 0 radical (unpaired) electrons. The van der Waals surface area contributed by atoms with Crippen LogP contribution in [-0.4, -0.2) is 9.97 Å². The molecule has 1 heterocycles. The van der Waals surface area contributed by atoms with E-state index in [9.17, 15) is 8.78 Å². The van der Waals surface area contributed by atoms with E-state index in [0.717, 1.165) is 12.1 Å². The molecule has 0 saturated heterocycles. The van der Waals surface area contributed by atoms with Crippen molar-refractivity contribution in [2.45, 2.75) is 6.92 Å². The quantitative estimate of drug-likeness (QED) is 0.764. The highest BCUT2D eigenvalue weighted by Gasteiger charge is 2.10. The Kier molecular flexibility index (Phi) is 2.83. The van der Waals surface area contributed by atoms with Crippen LogP contribution < -0.4 is 0 Å². The van der Waals surface area contributed by atoms with Gasteiger partial charge in [-0.05, 0) is 19.1 Å². The largest absolute Gasteiger partial charge is 0.235 e. The molecule has 2 aromatic rings. The summed E-state index contributed by atoms with van der Waals surface area (Å²) in [5.41, 5.74) is 0.705. The average molecular weight is 241 g/mol. The SMILES string of the molecule is Cc1nc(-c2ccc(F)cc2F)ncc1Cl. The van der Waals surface area contributed by atoms with Crippen molar-refractivity contribution in [2.75, 3.05) is 0 Å². The number of hydrogen-bond acceptors (Lipinski definition) is 2. The summed E-state index contributed by atoms with van der Waals surface area (Å²) in [6.07, 6.45) is 1.39. The maximum absolute atomic E-state index is 13.4. The molecule has 0 atom stereocenters. The van der Waals surface area contributed by atoms with Gasteiger partial charge in [-0.1, -0.05) is 11.6 Å². The molecule has 16 heavy (non-hydrogen) atoms. The molecule has 0 aliphatic carbocycles. The minimum absolute atomic E-state index is 0.154. The van der Waals surface area contributed by atoms with E-state index in [1.165, 1.54) is 12.3 Å². The van der Waals surface area contributed by atoms with E-state index in [0.29, 0.717) is 10.7 Å². The lowest BCUT2D eigenvalue weighted by Crippen LogP contribution is -1.95. The Morgan fingerprint density at radius 1 is 1.25 bits per heavy atom. The summed E-state index contributed by atoms with van der Waals surface area (Å²) in [5.74, 6) is -1.13. The summed E-state index contributed by atoms with van der Waals surface area (Å²) in [5, 5.41) is 0.409. The van der Waals surface area contributed by atoms with Gasteiger partial charge in [-0.3, -0.25) is 0 Å². The van der Waals surface area contributed by atoms with E-state index in [1.54, 1.807) is 6.92 Å². The van der Waals surface area contributed by atoms with Crippen LogP contribution in [0.5, 0.6) is 0 Å². The highest BCUT2D eigenvalue weighted by atomic mass is 35.5. The fraction of sp³-hybridized carbons (Fsp3) is 0.0909. The van der Waals surface area contributed by atoms with Crippen LogP contribution in [-0.2, 0) is 0 Å². The molecule has 5 heteroatoms. The summed E-state index contributed by atoms with van der Waals surface area (Å²) in [7, 11) is 0. The van der Waals surface area contributed by atoms with Crippen molar-refractivity contribution in [1.82, 2.24) is 9.97 Å². The Hall–Kier alpha value is -1.55. The Morgan fingerprint density at radius 3 is 2.62 bits per heavy atom. The lowest BCUT2D eigenvalue weighted by molar-refractivity contribution is 0.585. The number of benzene rings is 1. The number of aromatic nitrogens is 2. The van der Waals surface area contributed by atoms with Crippen molar-refractivity contribution in [3.63, 3.8) is 0 Å². The molecule has 0 bridgehead atoms. The minimum Gasteiger partial charge on any atom is -0.235 e. The van der Waals surface area contributed by atoms with Gasteiger partial charge >= 0.3 is 0 Å². The zero-order valence-electron chi connectivity index (χ0n) is 8.34. The maximum Gasteiger partial charge on any atom is 0.162 e. The Labute approximate surface area is 95.9 Å². The molecule has 1 aromatic carbocycles. The van der Waals surface area contributed by atoms with Crippen LogP contribution in [0.1, 0.15) is 5.69 Å². The molecule has 0 spiro atoms. The number of nitrogens with zero attached hydrogens (tertiary/aromatic N) is 2. The van der Waals surface area contributed by atoms with Crippen molar-refractivity contribution in [2.24, 2.45) is 0 Å². The summed E-state index contributed by atoms with van der Waals surface area (Å²) < 4.78 is 26.1. The first-order chi connectivity index (χ1) is 7.58. The van der Waals surface area contributed by atoms with Crippen LogP contribution in [0.4, 0.5) is 8.78 Å². The topological polar surface area (TPSA) is 25.8 Å². The van der Waals surface area contributed by atoms with Crippen LogP contribution in [0.2, 0.25) is 5.02 Å². The third-order valence-corrected chi connectivity index (χ3v) is 2.46. The van der Waals surface area contributed by atoms with E-state index >= 15 is 0 Å². The van der Waals surface area contributed by atoms with Gasteiger partial charge in [-0.15, -0.1) is 0 Å². The molecule has 2 rings (SSSR count). The highest BCUT2D eigenvalue weighted by molar-refractivity contribution is 6.31. The molecular formula is C11H7ClF2N2. The second-order valence-electron chi connectivity index (χ2n) is 3.25. The van der Waals surface area contributed by atoms with Gasteiger partial charge in [0.2, 0.25) is 0 Å². The zero-order chi connectivity index (χ0) is 11.7. The Balaban J connectivity index is 2.54. The van der Waals surface area contributed by atoms with Crippen LogP contribution in [0.3, 0.4) is 0 Å². The number of hydrogen-bond donors (Lipinski definition) is 0. The second kappa shape index (κ2) is 4.14. The van der Waals surface area contributed by atoms with E-state index in [-0.39, 0.29) is 11.4 Å². The zero-order valence-corrected chi connectivity index (χ0v) is 9.09. The standard InChI is InChI=1S/C11H7ClF2N2/c1-6-9(12)5-15-11(16-6)8-3-2-7(13)4-10(8)14/h2-5H,1H3. The van der Waals surface area contributed by atoms with E-state index in [1.807, 2.05) is 0 Å². The molecule has 0 fully saturated rings. The van der Waals surface area contributed by atoms with Gasteiger partial charge in [-0.2, -0.15) is 0 Å². The number of aryl methyl sites for hydroxylation is 1. The summed E-state index contributed by atoms with van der Waals surface area (Å²) in [6.45, 7) is 1.69. The summed E-state index contributed by atoms with van der Waals surface area (Å²) in [4.78, 5) is 7.92. The van der Waals surface area contributed by atoms with Crippen LogP contribution >= 0.6 is 11.6 Å². The van der Waals surface area contributed by atoms with Crippen LogP contribution in [0.15, 0.2) is 24.4 Å². The molecule has 0 aliphatic rings. The molecule has 0 saturated carbocycles. The van der Waals surface area contributed by atoms with Gasteiger partial charge in [0.05, 0.1) is 16.3 Å². The Morgan fingerprint density at radius 2 is 2.00 bits per heavy atom.